The number of aromatic nitrogens is 2. The molecule has 1 atom stereocenters. The van der Waals surface area contributed by atoms with Crippen LogP contribution in [0.4, 0.5) is 5.69 Å². The Hall–Kier alpha value is -5.22. The van der Waals surface area contributed by atoms with Crippen LogP contribution < -0.4 is 5.73 Å². The van der Waals surface area contributed by atoms with Gasteiger partial charge in [-0.2, -0.15) is 0 Å². The average molecular weight is 665 g/mol. The Morgan fingerprint density at radius 1 is 1.04 bits per heavy atom. The molecule has 0 radical (unpaired) electrons. The molecule has 0 spiro atoms. The molecule has 7 nitrogen and oxygen atoms in total. The molecule has 3 aromatic heterocycles. The number of nitrogens with zero attached hydrogens (tertiary/aromatic N) is 2. The molecule has 0 aliphatic heterocycles. The van der Waals surface area contributed by atoms with Gasteiger partial charge in [0, 0.05) is 40.0 Å². The number of fused-ring (bicyclic) bond motifs is 1. The molecule has 0 saturated heterocycles. The summed E-state index contributed by atoms with van der Waals surface area (Å²) < 4.78 is 21.0. The Bertz CT molecular complexity index is 1900. The first-order chi connectivity index (χ1) is 22.4. The van der Waals surface area contributed by atoms with Gasteiger partial charge >= 0.3 is 11.3 Å². The number of pyridine rings is 1. The summed E-state index contributed by atoms with van der Waals surface area (Å²) in [6.07, 6.45) is 3.65. The van der Waals surface area contributed by atoms with E-state index in [0.717, 1.165) is 50.5 Å². The van der Waals surface area contributed by atoms with E-state index < -0.39 is 10.8 Å². The number of nitrogen functional groups attached to an aromatic ring is 1. The fraction of sp³-hybridized carbons (Fsp3) is 0.139. The van der Waals surface area contributed by atoms with Crippen molar-refractivity contribution in [2.45, 2.75) is 30.6 Å². The molecule has 0 aliphatic rings. The van der Waals surface area contributed by atoms with E-state index in [-0.39, 0.29) is 6.61 Å². The van der Waals surface area contributed by atoms with Crippen molar-refractivity contribution in [3.63, 3.8) is 0 Å². The quantitative estimate of drug-likeness (QED) is 0.0601. The van der Waals surface area contributed by atoms with Crippen molar-refractivity contribution in [1.29, 1.82) is 5.41 Å². The molecule has 232 valence electrons. The van der Waals surface area contributed by atoms with Gasteiger partial charge in [-0.1, -0.05) is 54.8 Å². The number of nitrogens with two attached hydrogens (primary N) is 1. The molecule has 0 bridgehead atoms. The summed E-state index contributed by atoms with van der Waals surface area (Å²) >= 11 is 2.94. The first-order valence-corrected chi connectivity index (χ1v) is 16.1. The third-order valence-electron chi connectivity index (χ3n) is 5.17. The van der Waals surface area contributed by atoms with Crippen LogP contribution in [0.5, 0.6) is 0 Å². The van der Waals surface area contributed by atoms with E-state index in [1.54, 1.807) is 6.20 Å². The molecule has 1 aromatic carbocycles. The predicted octanol–water partition coefficient (Wildman–Crippen LogP) is 8.30. The van der Waals surface area contributed by atoms with Crippen molar-refractivity contribution in [1.82, 2.24) is 9.97 Å². The molecule has 0 amide bonds. The van der Waals surface area contributed by atoms with Crippen LogP contribution in [0.25, 0.3) is 32.0 Å². The molecule has 0 aliphatic carbocycles. The van der Waals surface area contributed by atoms with E-state index in [1.165, 1.54) is 22.7 Å². The molecule has 4 N–H and O–H groups in total. The van der Waals surface area contributed by atoms with Gasteiger partial charge in [0.25, 0.3) is 0 Å². The van der Waals surface area contributed by atoms with E-state index in [1.807, 2.05) is 41.6 Å². The number of hydrogen-bond donors (Lipinski definition) is 3. The summed E-state index contributed by atoms with van der Waals surface area (Å²) in [5.41, 5.74) is 29.3. The minimum atomic E-state index is -1.13. The predicted molar refractivity (Wildman–Crippen MR) is 191 cm³/mol. The van der Waals surface area contributed by atoms with Crippen molar-refractivity contribution in [3.8, 4) is 21.8 Å². The van der Waals surface area contributed by atoms with Crippen molar-refractivity contribution >= 4 is 55.2 Å². The molecule has 3 heterocycles. The molecule has 1 unspecified atom stereocenters. The minimum absolute atomic E-state index is 0.00243. The van der Waals surface area contributed by atoms with Crippen LogP contribution in [0, 0.1) is 12.1 Å². The number of thiazole rings is 1. The number of anilines is 1. The number of rotatable bonds is 7. The fourth-order valence-electron chi connectivity index (χ4n) is 3.32. The summed E-state index contributed by atoms with van der Waals surface area (Å²) in [7, 11) is -1.13. The fourth-order valence-corrected chi connectivity index (χ4v) is 6.71. The zero-order valence-corrected chi connectivity index (χ0v) is 27.8. The van der Waals surface area contributed by atoms with E-state index in [2.05, 4.69) is 97.3 Å². The third kappa shape index (κ3) is 13.2. The van der Waals surface area contributed by atoms with Crippen LogP contribution in [0.2, 0.25) is 0 Å². The van der Waals surface area contributed by atoms with Crippen molar-refractivity contribution in [3.05, 3.63) is 133 Å². The molecule has 0 fully saturated rings. The summed E-state index contributed by atoms with van der Waals surface area (Å²) in [5.74, 6) is 2.47. The van der Waals surface area contributed by atoms with Gasteiger partial charge in [-0.25, -0.2) is 9.97 Å². The second-order valence-corrected chi connectivity index (χ2v) is 11.6. The molecule has 4 rings (SSSR count). The second-order valence-electron chi connectivity index (χ2n) is 7.91. The number of aliphatic hydroxyl groups is 1. The van der Waals surface area contributed by atoms with Crippen LogP contribution in [-0.2, 0) is 22.1 Å². The first-order valence-electron chi connectivity index (χ1n) is 13.1. The van der Waals surface area contributed by atoms with Crippen LogP contribution in [0.1, 0.15) is 25.3 Å². The van der Waals surface area contributed by atoms with Gasteiger partial charge in [0.15, 0.2) is 0 Å². The number of benzene rings is 1. The number of nitrogens with one attached hydrogen (secondary N) is 1. The number of hydrogen-bond acceptors (Lipinski definition) is 8. The van der Waals surface area contributed by atoms with Crippen molar-refractivity contribution < 1.29 is 14.0 Å². The Kier molecular flexibility index (Phi) is 22.3. The molecule has 0 saturated carbocycles. The van der Waals surface area contributed by atoms with Crippen LogP contribution >= 0.6 is 22.7 Å². The van der Waals surface area contributed by atoms with Gasteiger partial charge in [-0.3, -0.25) is 9.62 Å². The van der Waals surface area contributed by atoms with Gasteiger partial charge in [0.1, 0.15) is 19.7 Å². The van der Waals surface area contributed by atoms with Crippen LogP contribution in [0.3, 0.4) is 0 Å². The Morgan fingerprint density at radius 3 is 2.17 bits per heavy atom. The van der Waals surface area contributed by atoms with Gasteiger partial charge in [-0.05, 0) is 66.1 Å². The maximum absolute atomic E-state index is 12.8. The molecular formula is C36H32N4O3S3. The standard InChI is InChI=1S/C21H21N3O2S3.C7H3N.C5H4.C2H4.CO/c1-2-3-10-29(26)21-18(22)17-15(14-6-4-13(12-25)5-7-14)11-16(24-20(17)28-21)19-23-8-9-27-19;1-2-3-4-5-6-7-8;1-3-5-4-2;2*1-2/h4-9,11,25H,2-3,10,12,22H2,1H3;8H,1H2;1-2H2;1-2H2;. The monoisotopic (exact) mass is 664 g/mol. The molecule has 10 heteroatoms. The van der Waals surface area contributed by atoms with Gasteiger partial charge < -0.3 is 10.8 Å². The topological polar surface area (TPSA) is 133 Å². The normalized spacial score (nSPS) is 8.96. The first kappa shape index (κ1) is 40.8. The average Bonchev–Trinajstić information content (AvgIpc) is 3.77. The Labute approximate surface area is 280 Å². The summed E-state index contributed by atoms with van der Waals surface area (Å²) in [6, 6.07) is 9.73. The number of thiophene rings is 1. The molecule has 4 aromatic rings. The Balaban J connectivity index is 0.000000994. The van der Waals surface area contributed by atoms with Crippen molar-refractivity contribution in [2.24, 2.45) is 0 Å². The second kappa shape index (κ2) is 25.1. The summed E-state index contributed by atoms with van der Waals surface area (Å²) in [6.45, 7) is 22.2. The van der Waals surface area contributed by atoms with Crippen LogP contribution in [0.15, 0.2) is 125 Å². The van der Waals surface area contributed by atoms with E-state index in [9.17, 15) is 9.32 Å². The van der Waals surface area contributed by atoms with Crippen LogP contribution in [-0.4, -0.2) is 30.9 Å². The number of aliphatic hydroxyl groups excluding tert-OH is 1. The number of unbranched alkanes of at least 4 members (excludes halogenated alkanes) is 1. The van der Waals surface area contributed by atoms with Gasteiger partial charge in [-0.15, -0.1) is 35.8 Å². The van der Waals surface area contributed by atoms with Gasteiger partial charge in [0.2, 0.25) is 0 Å². The summed E-state index contributed by atoms with van der Waals surface area (Å²) in [5, 5.41) is 19.3. The third-order valence-corrected chi connectivity index (χ3v) is 8.96. The zero-order chi connectivity index (χ0) is 34.7. The van der Waals surface area contributed by atoms with Crippen molar-refractivity contribution in [2.75, 3.05) is 11.5 Å². The molecular weight excluding hydrogens is 633 g/mol. The van der Waals surface area contributed by atoms with E-state index in [4.69, 9.17) is 20.8 Å². The zero-order valence-electron chi connectivity index (χ0n) is 25.4. The van der Waals surface area contributed by atoms with E-state index in [0.29, 0.717) is 15.6 Å². The Morgan fingerprint density at radius 2 is 1.67 bits per heavy atom. The van der Waals surface area contributed by atoms with Gasteiger partial charge in [0.05, 0.1) is 23.1 Å². The van der Waals surface area contributed by atoms with E-state index >= 15 is 0 Å². The SMILES string of the molecule is C=C.C=C=C=C=C.C=C=C=C=C=C=C=N.CCCCS(=O)c1sc2nc(-c3nccs3)cc(-c3ccc(CO)cc3)c2c1N.[C-]#[O+]. The molecule has 46 heavy (non-hydrogen) atoms. The summed E-state index contributed by atoms with van der Waals surface area (Å²) in [4.78, 5) is 9.96. The maximum atomic E-state index is 12.8.